The second kappa shape index (κ2) is 3.13. The summed E-state index contributed by atoms with van der Waals surface area (Å²) < 4.78 is 11.3. The van der Waals surface area contributed by atoms with Crippen LogP contribution in [0.3, 0.4) is 0 Å². The first-order chi connectivity index (χ1) is 6.21. The van der Waals surface area contributed by atoms with Crippen molar-refractivity contribution in [3.63, 3.8) is 0 Å². The van der Waals surface area contributed by atoms with Gasteiger partial charge in [-0.25, -0.2) is 0 Å². The van der Waals surface area contributed by atoms with Crippen LogP contribution < -0.4 is 0 Å². The normalized spacial score (nSPS) is 33.5. The lowest BCUT2D eigenvalue weighted by atomic mass is 10.1. The van der Waals surface area contributed by atoms with E-state index in [1.807, 2.05) is 44.2 Å². The molecule has 0 aromatic heterocycles. The zero-order chi connectivity index (χ0) is 9.31. The molecule has 2 nitrogen and oxygen atoms in total. The van der Waals surface area contributed by atoms with Crippen molar-refractivity contribution < 1.29 is 9.47 Å². The van der Waals surface area contributed by atoms with Crippen LogP contribution in [0.1, 0.15) is 19.4 Å². The van der Waals surface area contributed by atoms with Crippen molar-refractivity contribution in [1.82, 2.24) is 0 Å². The van der Waals surface area contributed by atoms with Crippen molar-refractivity contribution in [2.45, 2.75) is 25.7 Å². The fourth-order valence-corrected chi connectivity index (χ4v) is 1.62. The Morgan fingerprint density at radius 3 is 2.54 bits per heavy atom. The SMILES string of the molecule is C[C@H]1CO[C@@](C)(c2ccccc2)O1. The molecule has 0 radical (unpaired) electrons. The summed E-state index contributed by atoms with van der Waals surface area (Å²) >= 11 is 0. The van der Waals surface area contributed by atoms with Crippen LogP contribution in [0.25, 0.3) is 0 Å². The summed E-state index contributed by atoms with van der Waals surface area (Å²) in [7, 11) is 0. The van der Waals surface area contributed by atoms with Gasteiger partial charge in [0.25, 0.3) is 0 Å². The maximum atomic E-state index is 5.71. The molecule has 0 amide bonds. The van der Waals surface area contributed by atoms with Crippen molar-refractivity contribution in [2.24, 2.45) is 0 Å². The molecule has 1 aliphatic rings. The van der Waals surface area contributed by atoms with Gasteiger partial charge >= 0.3 is 0 Å². The third-order valence-corrected chi connectivity index (χ3v) is 2.32. The van der Waals surface area contributed by atoms with E-state index in [0.717, 1.165) is 5.56 Å². The molecule has 1 fully saturated rings. The van der Waals surface area contributed by atoms with Crippen LogP contribution in [0.2, 0.25) is 0 Å². The van der Waals surface area contributed by atoms with Crippen LogP contribution in [0, 0.1) is 0 Å². The predicted octanol–water partition coefficient (Wildman–Crippen LogP) is 2.29. The van der Waals surface area contributed by atoms with Gasteiger partial charge in [-0.3, -0.25) is 0 Å². The highest BCUT2D eigenvalue weighted by molar-refractivity contribution is 5.20. The monoisotopic (exact) mass is 178 g/mol. The lowest BCUT2D eigenvalue weighted by molar-refractivity contribution is -0.159. The van der Waals surface area contributed by atoms with Crippen molar-refractivity contribution in [1.29, 1.82) is 0 Å². The Bertz CT molecular complexity index is 283. The third kappa shape index (κ3) is 1.60. The highest BCUT2D eigenvalue weighted by Gasteiger charge is 2.36. The van der Waals surface area contributed by atoms with Crippen LogP contribution in [0.4, 0.5) is 0 Å². The number of ether oxygens (including phenoxy) is 2. The van der Waals surface area contributed by atoms with E-state index < -0.39 is 5.79 Å². The molecule has 2 heteroatoms. The molecule has 0 unspecified atom stereocenters. The van der Waals surface area contributed by atoms with Crippen LogP contribution >= 0.6 is 0 Å². The molecule has 1 saturated heterocycles. The van der Waals surface area contributed by atoms with Crippen LogP contribution in [-0.4, -0.2) is 12.7 Å². The first-order valence-electron chi connectivity index (χ1n) is 4.58. The molecule has 0 spiro atoms. The molecular weight excluding hydrogens is 164 g/mol. The summed E-state index contributed by atoms with van der Waals surface area (Å²) in [6.45, 7) is 4.66. The van der Waals surface area contributed by atoms with E-state index >= 15 is 0 Å². The zero-order valence-corrected chi connectivity index (χ0v) is 7.99. The minimum atomic E-state index is -0.541. The Hall–Kier alpha value is -0.860. The van der Waals surface area contributed by atoms with Crippen molar-refractivity contribution in [3.05, 3.63) is 35.9 Å². The molecule has 2 rings (SSSR count). The number of hydrogen-bond acceptors (Lipinski definition) is 2. The summed E-state index contributed by atoms with van der Waals surface area (Å²) in [6, 6.07) is 10.0. The van der Waals surface area contributed by atoms with Gasteiger partial charge in [0.1, 0.15) is 0 Å². The van der Waals surface area contributed by atoms with E-state index in [2.05, 4.69) is 0 Å². The van der Waals surface area contributed by atoms with E-state index in [1.54, 1.807) is 0 Å². The van der Waals surface area contributed by atoms with Crippen molar-refractivity contribution in [3.8, 4) is 0 Å². The Morgan fingerprint density at radius 2 is 2.00 bits per heavy atom. The Kier molecular flexibility index (Phi) is 2.10. The van der Waals surface area contributed by atoms with E-state index in [-0.39, 0.29) is 6.10 Å². The zero-order valence-electron chi connectivity index (χ0n) is 7.99. The standard InChI is InChI=1S/C11H14O2/c1-9-8-12-11(2,13-9)10-6-4-3-5-7-10/h3-7,9H,8H2,1-2H3/t9-,11+/m0/s1. The number of hydrogen-bond donors (Lipinski definition) is 0. The fraction of sp³-hybridized carbons (Fsp3) is 0.455. The van der Waals surface area contributed by atoms with Gasteiger partial charge in [-0.15, -0.1) is 0 Å². The minimum Gasteiger partial charge on any atom is -0.343 e. The molecule has 13 heavy (non-hydrogen) atoms. The smallest absolute Gasteiger partial charge is 0.192 e. The molecular formula is C11H14O2. The molecule has 0 bridgehead atoms. The lowest BCUT2D eigenvalue weighted by Crippen LogP contribution is -2.23. The molecule has 1 aliphatic heterocycles. The first kappa shape index (κ1) is 8.73. The average molecular weight is 178 g/mol. The maximum absolute atomic E-state index is 5.71. The second-order valence-electron chi connectivity index (χ2n) is 3.55. The summed E-state index contributed by atoms with van der Waals surface area (Å²) in [4.78, 5) is 0. The minimum absolute atomic E-state index is 0.185. The molecule has 1 heterocycles. The number of benzene rings is 1. The van der Waals surface area contributed by atoms with Crippen LogP contribution in [0.15, 0.2) is 30.3 Å². The Morgan fingerprint density at radius 1 is 1.31 bits per heavy atom. The van der Waals surface area contributed by atoms with Gasteiger partial charge in [0.15, 0.2) is 5.79 Å². The van der Waals surface area contributed by atoms with Gasteiger partial charge in [-0.1, -0.05) is 30.3 Å². The van der Waals surface area contributed by atoms with Gasteiger partial charge in [0.05, 0.1) is 12.7 Å². The average Bonchev–Trinajstić information content (AvgIpc) is 2.49. The summed E-state index contributed by atoms with van der Waals surface area (Å²) in [5.41, 5.74) is 1.08. The first-order valence-corrected chi connectivity index (χ1v) is 4.58. The molecule has 0 N–H and O–H groups in total. The molecule has 1 aromatic rings. The maximum Gasteiger partial charge on any atom is 0.192 e. The van der Waals surface area contributed by atoms with Crippen LogP contribution in [-0.2, 0) is 15.3 Å². The quantitative estimate of drug-likeness (QED) is 0.657. The molecule has 0 saturated carbocycles. The molecule has 1 aromatic carbocycles. The summed E-state index contributed by atoms with van der Waals surface area (Å²) in [6.07, 6.45) is 0.185. The highest BCUT2D eigenvalue weighted by Crippen LogP contribution is 2.33. The van der Waals surface area contributed by atoms with E-state index in [4.69, 9.17) is 9.47 Å². The highest BCUT2D eigenvalue weighted by atomic mass is 16.7. The third-order valence-electron chi connectivity index (χ3n) is 2.32. The fourth-order valence-electron chi connectivity index (χ4n) is 1.62. The number of rotatable bonds is 1. The van der Waals surface area contributed by atoms with Gasteiger partial charge in [0.2, 0.25) is 0 Å². The molecule has 2 atom stereocenters. The van der Waals surface area contributed by atoms with Crippen molar-refractivity contribution >= 4 is 0 Å². The molecule has 0 aliphatic carbocycles. The predicted molar refractivity (Wildman–Crippen MR) is 50.3 cm³/mol. The summed E-state index contributed by atoms with van der Waals surface area (Å²) in [5, 5.41) is 0. The van der Waals surface area contributed by atoms with E-state index in [1.165, 1.54) is 0 Å². The van der Waals surface area contributed by atoms with Crippen molar-refractivity contribution in [2.75, 3.05) is 6.61 Å². The van der Waals surface area contributed by atoms with E-state index in [9.17, 15) is 0 Å². The van der Waals surface area contributed by atoms with Gasteiger partial charge in [0, 0.05) is 5.56 Å². The lowest BCUT2D eigenvalue weighted by Gasteiger charge is -2.23. The second-order valence-corrected chi connectivity index (χ2v) is 3.55. The van der Waals surface area contributed by atoms with E-state index in [0.29, 0.717) is 6.61 Å². The van der Waals surface area contributed by atoms with Crippen LogP contribution in [0.5, 0.6) is 0 Å². The Labute approximate surface area is 78.5 Å². The van der Waals surface area contributed by atoms with Gasteiger partial charge < -0.3 is 9.47 Å². The van der Waals surface area contributed by atoms with Gasteiger partial charge in [-0.2, -0.15) is 0 Å². The summed E-state index contributed by atoms with van der Waals surface area (Å²) in [5.74, 6) is -0.541. The molecule has 70 valence electrons. The Balaban J connectivity index is 2.26. The topological polar surface area (TPSA) is 18.5 Å². The largest absolute Gasteiger partial charge is 0.343 e. The van der Waals surface area contributed by atoms with Gasteiger partial charge in [-0.05, 0) is 13.8 Å².